The van der Waals surface area contributed by atoms with Gasteiger partial charge in [-0.15, -0.1) is 0 Å². The first-order valence-corrected chi connectivity index (χ1v) is 12.3. The molecule has 0 bridgehead atoms. The van der Waals surface area contributed by atoms with Crippen molar-refractivity contribution < 1.29 is 19.5 Å². The average Bonchev–Trinajstić information content (AvgIpc) is 3.33. The van der Waals surface area contributed by atoms with Crippen molar-refractivity contribution in [3.8, 4) is 0 Å². The number of hydrogen-bond donors (Lipinski definition) is 3. The van der Waals surface area contributed by atoms with Gasteiger partial charge in [-0.1, -0.05) is 52.8 Å². The van der Waals surface area contributed by atoms with E-state index in [1.165, 1.54) is 4.90 Å². The molecule has 0 spiro atoms. The Morgan fingerprint density at radius 1 is 1.17 bits per heavy atom. The molecule has 1 aromatic heterocycles. The number of likely N-dealkylation sites (tertiary alicyclic amines) is 1. The van der Waals surface area contributed by atoms with Crippen molar-refractivity contribution >= 4 is 28.8 Å². The first-order valence-electron chi connectivity index (χ1n) is 12.3. The number of para-hydroxylation sites is 1. The summed E-state index contributed by atoms with van der Waals surface area (Å²) < 4.78 is 1.83. The van der Waals surface area contributed by atoms with Crippen LogP contribution in [0.15, 0.2) is 24.3 Å². The molecule has 3 amide bonds. The molecule has 1 aromatic carbocycles. The Labute approximate surface area is 207 Å². The molecule has 0 aliphatic carbocycles. The summed E-state index contributed by atoms with van der Waals surface area (Å²) >= 11 is 0. The molecule has 1 fully saturated rings. The maximum absolute atomic E-state index is 13.4. The van der Waals surface area contributed by atoms with E-state index in [9.17, 15) is 19.5 Å². The molecule has 35 heavy (non-hydrogen) atoms. The largest absolute Gasteiger partial charge is 0.465 e. The molecule has 9 heteroatoms. The van der Waals surface area contributed by atoms with E-state index in [-0.39, 0.29) is 36.4 Å². The summed E-state index contributed by atoms with van der Waals surface area (Å²) in [5.74, 6) is -0.521. The summed E-state index contributed by atoms with van der Waals surface area (Å²) in [6, 6.07) is 7.33. The van der Waals surface area contributed by atoms with Gasteiger partial charge < -0.3 is 15.7 Å². The number of benzene rings is 1. The van der Waals surface area contributed by atoms with Crippen LogP contribution in [0.3, 0.4) is 0 Å². The zero-order chi connectivity index (χ0) is 26.1. The lowest BCUT2D eigenvalue weighted by Gasteiger charge is -2.47. The third-order valence-electron chi connectivity index (χ3n) is 7.15. The van der Waals surface area contributed by atoms with Gasteiger partial charge in [0.2, 0.25) is 5.91 Å². The molecule has 9 nitrogen and oxygen atoms in total. The summed E-state index contributed by atoms with van der Waals surface area (Å²) in [5.41, 5.74) is 0.0597. The van der Waals surface area contributed by atoms with Crippen LogP contribution >= 0.6 is 0 Å². The molecule has 3 rings (SSSR count). The number of amides is 3. The fraction of sp³-hybridized carbons (Fsp3) is 0.615. The first-order chi connectivity index (χ1) is 16.3. The van der Waals surface area contributed by atoms with Crippen molar-refractivity contribution in [2.75, 3.05) is 13.1 Å². The molecule has 0 radical (unpaired) electrons. The van der Waals surface area contributed by atoms with Crippen LogP contribution in [-0.4, -0.2) is 62.4 Å². The molecule has 0 unspecified atom stereocenters. The second-order valence-corrected chi connectivity index (χ2v) is 11.1. The fourth-order valence-electron chi connectivity index (χ4n) is 5.16. The van der Waals surface area contributed by atoms with Crippen molar-refractivity contribution in [3.63, 3.8) is 0 Å². The summed E-state index contributed by atoms with van der Waals surface area (Å²) in [5, 5.41) is 21.4. The Bertz CT molecular complexity index is 1100. The van der Waals surface area contributed by atoms with Crippen molar-refractivity contribution in [2.45, 2.75) is 78.9 Å². The number of fused-ring (bicyclic) bond motifs is 1. The van der Waals surface area contributed by atoms with Gasteiger partial charge in [0.15, 0.2) is 5.69 Å². The van der Waals surface area contributed by atoms with Crippen LogP contribution in [-0.2, 0) is 4.79 Å². The van der Waals surface area contributed by atoms with Crippen LogP contribution in [0.1, 0.15) is 77.8 Å². The SMILES string of the molecule is CC(C)C(=O)NCC[C@]1(C(C)(C)C)C[C@H](NC(=O)c2nn(C(C)C)c3ccccc23)CN1C(=O)O. The van der Waals surface area contributed by atoms with E-state index < -0.39 is 17.0 Å². The summed E-state index contributed by atoms with van der Waals surface area (Å²) in [6.45, 7) is 14.2. The zero-order valence-electron chi connectivity index (χ0n) is 21.9. The maximum Gasteiger partial charge on any atom is 0.407 e. The van der Waals surface area contributed by atoms with E-state index in [2.05, 4.69) is 15.7 Å². The lowest BCUT2D eigenvalue weighted by molar-refractivity contribution is -0.124. The number of carbonyl (C=O) groups is 3. The van der Waals surface area contributed by atoms with Crippen molar-refractivity contribution in [1.82, 2.24) is 25.3 Å². The quantitative estimate of drug-likeness (QED) is 0.547. The lowest BCUT2D eigenvalue weighted by atomic mass is 9.69. The highest BCUT2D eigenvalue weighted by atomic mass is 16.4. The summed E-state index contributed by atoms with van der Waals surface area (Å²) in [4.78, 5) is 39.2. The molecule has 1 aliphatic heterocycles. The first kappa shape index (κ1) is 26.5. The number of aromatic nitrogens is 2. The van der Waals surface area contributed by atoms with Gasteiger partial charge in [0.25, 0.3) is 5.91 Å². The Morgan fingerprint density at radius 2 is 1.83 bits per heavy atom. The molecule has 3 N–H and O–H groups in total. The highest BCUT2D eigenvalue weighted by Crippen LogP contribution is 2.46. The zero-order valence-corrected chi connectivity index (χ0v) is 21.9. The normalized spacial score (nSPS) is 20.6. The molecule has 1 aliphatic rings. The second kappa shape index (κ2) is 9.87. The molecular weight excluding hydrogens is 446 g/mol. The Balaban J connectivity index is 1.86. The Morgan fingerprint density at radius 3 is 2.40 bits per heavy atom. The lowest BCUT2D eigenvalue weighted by Crippen LogP contribution is -2.56. The number of carboxylic acid groups (broad SMARTS) is 1. The second-order valence-electron chi connectivity index (χ2n) is 11.1. The van der Waals surface area contributed by atoms with E-state index in [4.69, 9.17) is 0 Å². The minimum absolute atomic E-state index is 0.0635. The van der Waals surface area contributed by atoms with Crippen LogP contribution in [0.25, 0.3) is 10.9 Å². The third-order valence-corrected chi connectivity index (χ3v) is 7.15. The van der Waals surface area contributed by atoms with Gasteiger partial charge in [-0.2, -0.15) is 5.10 Å². The van der Waals surface area contributed by atoms with Crippen molar-refractivity contribution in [2.24, 2.45) is 11.3 Å². The minimum Gasteiger partial charge on any atom is -0.465 e. The van der Waals surface area contributed by atoms with Gasteiger partial charge in [-0.25, -0.2) is 4.79 Å². The van der Waals surface area contributed by atoms with Crippen molar-refractivity contribution in [3.05, 3.63) is 30.0 Å². The van der Waals surface area contributed by atoms with E-state index >= 15 is 0 Å². The summed E-state index contributed by atoms with van der Waals surface area (Å²) in [7, 11) is 0. The molecule has 2 aromatic rings. The standard InChI is InChI=1S/C26H39N5O4/c1-16(2)22(32)27-13-12-26(25(5,6)7)14-18(15-30(26)24(34)35)28-23(33)21-19-10-8-9-11-20(19)31(29-21)17(3)4/h8-11,16-18H,12-15H2,1-7H3,(H,27,32)(H,28,33)(H,34,35)/t18-,26+/m0/s1. The van der Waals surface area contributed by atoms with Crippen LogP contribution in [0.2, 0.25) is 0 Å². The van der Waals surface area contributed by atoms with E-state index in [0.717, 1.165) is 10.9 Å². The Kier molecular flexibility index (Phi) is 7.48. The topological polar surface area (TPSA) is 117 Å². The van der Waals surface area contributed by atoms with Crippen LogP contribution in [0.5, 0.6) is 0 Å². The number of nitrogens with one attached hydrogen (secondary N) is 2. The molecule has 192 valence electrons. The predicted molar refractivity (Wildman–Crippen MR) is 135 cm³/mol. The predicted octanol–water partition coefficient (Wildman–Crippen LogP) is 4.05. The van der Waals surface area contributed by atoms with Crippen LogP contribution in [0, 0.1) is 11.3 Å². The highest BCUT2D eigenvalue weighted by molar-refractivity contribution is 6.05. The summed E-state index contributed by atoms with van der Waals surface area (Å²) in [6.07, 6.45) is -0.116. The number of carbonyl (C=O) groups excluding carboxylic acids is 2. The van der Waals surface area contributed by atoms with Gasteiger partial charge in [-0.3, -0.25) is 19.2 Å². The smallest absolute Gasteiger partial charge is 0.407 e. The van der Waals surface area contributed by atoms with Crippen LogP contribution < -0.4 is 10.6 Å². The van der Waals surface area contributed by atoms with Gasteiger partial charge in [-0.05, 0) is 38.2 Å². The molecule has 1 saturated heterocycles. The molecule has 0 saturated carbocycles. The van der Waals surface area contributed by atoms with E-state index in [1.54, 1.807) is 0 Å². The molecular formula is C26H39N5O4. The maximum atomic E-state index is 13.4. The van der Waals surface area contributed by atoms with Gasteiger partial charge in [0.05, 0.1) is 11.1 Å². The highest BCUT2D eigenvalue weighted by Gasteiger charge is 2.55. The van der Waals surface area contributed by atoms with Crippen molar-refractivity contribution in [1.29, 1.82) is 0 Å². The van der Waals surface area contributed by atoms with E-state index in [1.807, 2.05) is 77.4 Å². The van der Waals surface area contributed by atoms with E-state index in [0.29, 0.717) is 25.1 Å². The number of nitrogens with zero attached hydrogens (tertiary/aromatic N) is 3. The average molecular weight is 486 g/mol. The molecule has 2 atom stereocenters. The fourth-order valence-corrected chi connectivity index (χ4v) is 5.16. The molecule has 2 heterocycles. The van der Waals surface area contributed by atoms with Crippen LogP contribution in [0.4, 0.5) is 4.79 Å². The number of hydrogen-bond acceptors (Lipinski definition) is 4. The Hall–Kier alpha value is -3.10. The van der Waals surface area contributed by atoms with Gasteiger partial charge in [0, 0.05) is 36.5 Å². The number of rotatable bonds is 7. The third kappa shape index (κ3) is 5.13. The minimum atomic E-state index is -1.03. The van der Waals surface area contributed by atoms with Gasteiger partial charge >= 0.3 is 6.09 Å². The monoisotopic (exact) mass is 485 g/mol. The van der Waals surface area contributed by atoms with Gasteiger partial charge in [0.1, 0.15) is 0 Å².